The fourth-order valence-corrected chi connectivity index (χ4v) is 2.52. The molecule has 1 aromatic carbocycles. The predicted octanol–water partition coefficient (Wildman–Crippen LogP) is 2.88. The maximum absolute atomic E-state index is 9.48. The zero-order chi connectivity index (χ0) is 14.7. The summed E-state index contributed by atoms with van der Waals surface area (Å²) in [4.78, 5) is 9.15. The zero-order valence-electron chi connectivity index (χ0n) is 11.2. The summed E-state index contributed by atoms with van der Waals surface area (Å²) in [7, 11) is 0. The summed E-state index contributed by atoms with van der Waals surface area (Å²) in [5.41, 5.74) is 10.5. The molecule has 2 heterocycles. The molecule has 0 saturated carbocycles. The number of ether oxygens (including phenoxy) is 1. The van der Waals surface area contributed by atoms with E-state index in [2.05, 4.69) is 26.0 Å². The lowest BCUT2D eigenvalue weighted by atomic mass is 10.1. The maximum atomic E-state index is 9.48. The highest BCUT2D eigenvalue weighted by Gasteiger charge is 2.21. The van der Waals surface area contributed by atoms with Gasteiger partial charge in [0.25, 0.3) is 0 Å². The van der Waals surface area contributed by atoms with Gasteiger partial charge in [0.1, 0.15) is 17.5 Å². The van der Waals surface area contributed by atoms with E-state index < -0.39 is 0 Å². The molecule has 0 spiro atoms. The number of para-hydroxylation sites is 1. The number of nitriles is 1. The summed E-state index contributed by atoms with van der Waals surface area (Å²) in [6, 6.07) is 9.67. The average Bonchev–Trinajstić information content (AvgIpc) is 2.54. The largest absolute Gasteiger partial charge is 0.378 e. The molecule has 1 aliphatic rings. The minimum Gasteiger partial charge on any atom is -0.378 e. The number of morpholine rings is 1. The van der Waals surface area contributed by atoms with Gasteiger partial charge in [-0.2, -0.15) is 5.26 Å². The van der Waals surface area contributed by atoms with E-state index in [9.17, 15) is 5.26 Å². The van der Waals surface area contributed by atoms with E-state index in [0.29, 0.717) is 37.4 Å². The molecule has 21 heavy (non-hydrogen) atoms. The van der Waals surface area contributed by atoms with Crippen molar-refractivity contribution in [3.8, 4) is 6.07 Å². The number of fused-ring (bicyclic) bond motifs is 1. The molecule has 104 valence electrons. The van der Waals surface area contributed by atoms with Crippen molar-refractivity contribution in [2.24, 2.45) is 5.11 Å². The molecule has 2 aromatic rings. The van der Waals surface area contributed by atoms with Crippen LogP contribution < -0.4 is 4.90 Å². The van der Waals surface area contributed by atoms with Crippen LogP contribution in [-0.4, -0.2) is 31.3 Å². The molecule has 3 rings (SSSR count). The van der Waals surface area contributed by atoms with Crippen molar-refractivity contribution in [2.75, 3.05) is 31.2 Å². The molecular formula is C14H12N6O. The quantitative estimate of drug-likeness (QED) is 0.479. The first kappa shape index (κ1) is 13.2. The SMILES string of the molecule is N#Cc1c(N=[N+]=[N-])nc2ccccc2c1N1CCOCC1. The van der Waals surface area contributed by atoms with Crippen LogP contribution in [0.1, 0.15) is 5.56 Å². The molecule has 1 aromatic heterocycles. The molecular weight excluding hydrogens is 268 g/mol. The monoisotopic (exact) mass is 280 g/mol. The Labute approximate surface area is 121 Å². The minimum absolute atomic E-state index is 0.125. The first-order valence-corrected chi connectivity index (χ1v) is 6.56. The van der Waals surface area contributed by atoms with Crippen molar-refractivity contribution in [1.29, 1.82) is 5.26 Å². The van der Waals surface area contributed by atoms with Crippen molar-refractivity contribution >= 4 is 22.4 Å². The van der Waals surface area contributed by atoms with Gasteiger partial charge >= 0.3 is 0 Å². The van der Waals surface area contributed by atoms with Gasteiger partial charge in [-0.1, -0.05) is 18.2 Å². The van der Waals surface area contributed by atoms with Crippen LogP contribution in [0.3, 0.4) is 0 Å². The van der Waals surface area contributed by atoms with Gasteiger partial charge in [-0.25, -0.2) is 4.98 Å². The Balaban J connectivity index is 2.31. The second-order valence-corrected chi connectivity index (χ2v) is 4.58. The van der Waals surface area contributed by atoms with Gasteiger partial charge in [0.2, 0.25) is 0 Å². The van der Waals surface area contributed by atoms with Crippen LogP contribution in [-0.2, 0) is 4.74 Å². The Morgan fingerprint density at radius 1 is 1.33 bits per heavy atom. The molecule has 1 aliphatic heterocycles. The van der Waals surface area contributed by atoms with Crippen LogP contribution in [0.15, 0.2) is 29.4 Å². The molecule has 0 amide bonds. The molecule has 1 saturated heterocycles. The third kappa shape index (κ3) is 2.34. The van der Waals surface area contributed by atoms with Crippen molar-refractivity contribution < 1.29 is 4.74 Å². The molecule has 0 atom stereocenters. The highest BCUT2D eigenvalue weighted by Crippen LogP contribution is 2.35. The van der Waals surface area contributed by atoms with Gasteiger partial charge in [0, 0.05) is 23.4 Å². The summed E-state index contributed by atoms with van der Waals surface area (Å²) >= 11 is 0. The summed E-state index contributed by atoms with van der Waals surface area (Å²) in [6.45, 7) is 2.60. The first-order valence-electron chi connectivity index (χ1n) is 6.56. The standard InChI is InChI=1S/C14H12N6O/c15-9-11-13(20-5-7-21-8-6-20)10-3-1-2-4-12(10)17-14(11)18-19-16/h1-4H,5-8H2. The number of benzene rings is 1. The fourth-order valence-electron chi connectivity index (χ4n) is 2.52. The lowest BCUT2D eigenvalue weighted by Gasteiger charge is -2.30. The van der Waals surface area contributed by atoms with Crippen molar-refractivity contribution in [2.45, 2.75) is 0 Å². The van der Waals surface area contributed by atoms with Crippen LogP contribution >= 0.6 is 0 Å². The molecule has 0 aliphatic carbocycles. The Hall–Kier alpha value is -2.81. The number of rotatable bonds is 2. The molecule has 1 fully saturated rings. The van der Waals surface area contributed by atoms with Gasteiger partial charge in [-0.15, -0.1) is 0 Å². The van der Waals surface area contributed by atoms with Crippen LogP contribution in [0.25, 0.3) is 21.3 Å². The number of pyridine rings is 1. The van der Waals surface area contributed by atoms with Gasteiger partial charge in [-0.3, -0.25) is 0 Å². The molecule has 0 radical (unpaired) electrons. The highest BCUT2D eigenvalue weighted by atomic mass is 16.5. The number of aromatic nitrogens is 1. The molecule has 7 nitrogen and oxygen atoms in total. The lowest BCUT2D eigenvalue weighted by molar-refractivity contribution is 0.123. The van der Waals surface area contributed by atoms with Crippen molar-refractivity contribution in [3.05, 3.63) is 40.3 Å². The average molecular weight is 280 g/mol. The molecule has 0 N–H and O–H groups in total. The fraction of sp³-hybridized carbons (Fsp3) is 0.286. The molecule has 7 heteroatoms. The van der Waals surface area contributed by atoms with E-state index >= 15 is 0 Å². The van der Waals surface area contributed by atoms with Crippen LogP contribution in [0, 0.1) is 11.3 Å². The Bertz CT molecular complexity index is 769. The van der Waals surface area contributed by atoms with Gasteiger partial charge in [-0.05, 0) is 16.7 Å². The normalized spacial score (nSPS) is 14.5. The van der Waals surface area contributed by atoms with Crippen LogP contribution in [0.2, 0.25) is 0 Å². The van der Waals surface area contributed by atoms with E-state index in [-0.39, 0.29) is 5.82 Å². The third-order valence-electron chi connectivity index (χ3n) is 3.42. The number of hydrogen-bond acceptors (Lipinski definition) is 5. The zero-order valence-corrected chi connectivity index (χ0v) is 11.2. The topological polar surface area (TPSA) is 97.9 Å². The van der Waals surface area contributed by atoms with Crippen LogP contribution in [0.4, 0.5) is 11.5 Å². The van der Waals surface area contributed by atoms with Gasteiger partial charge in [0.15, 0.2) is 0 Å². The number of anilines is 1. The number of nitrogens with zero attached hydrogens (tertiary/aromatic N) is 6. The van der Waals surface area contributed by atoms with Gasteiger partial charge < -0.3 is 9.64 Å². The number of azide groups is 1. The molecule has 0 unspecified atom stereocenters. The maximum Gasteiger partial charge on any atom is 0.147 e. The minimum atomic E-state index is 0.125. The number of hydrogen-bond donors (Lipinski definition) is 0. The third-order valence-corrected chi connectivity index (χ3v) is 3.42. The first-order chi connectivity index (χ1) is 10.3. The molecule has 0 bridgehead atoms. The van der Waals surface area contributed by atoms with Gasteiger partial charge in [0.05, 0.1) is 24.4 Å². The summed E-state index contributed by atoms with van der Waals surface area (Å²) < 4.78 is 5.36. The van der Waals surface area contributed by atoms with Crippen molar-refractivity contribution in [1.82, 2.24) is 4.98 Å². The predicted molar refractivity (Wildman–Crippen MR) is 78.3 cm³/mol. The second-order valence-electron chi connectivity index (χ2n) is 4.58. The smallest absolute Gasteiger partial charge is 0.147 e. The van der Waals surface area contributed by atoms with E-state index in [4.69, 9.17) is 10.3 Å². The Kier molecular flexibility index (Phi) is 3.56. The Morgan fingerprint density at radius 2 is 2.10 bits per heavy atom. The van der Waals surface area contributed by atoms with E-state index in [1.54, 1.807) is 0 Å². The van der Waals surface area contributed by atoms with E-state index in [1.165, 1.54) is 0 Å². The summed E-state index contributed by atoms with van der Waals surface area (Å²) in [6.07, 6.45) is 0. The van der Waals surface area contributed by atoms with Crippen LogP contribution in [0.5, 0.6) is 0 Å². The highest BCUT2D eigenvalue weighted by molar-refractivity contribution is 5.97. The van der Waals surface area contributed by atoms with Crippen molar-refractivity contribution in [3.63, 3.8) is 0 Å². The summed E-state index contributed by atoms with van der Waals surface area (Å²) in [5.74, 6) is 0.125. The lowest BCUT2D eigenvalue weighted by Crippen LogP contribution is -2.36. The Morgan fingerprint density at radius 3 is 2.81 bits per heavy atom. The van der Waals surface area contributed by atoms with E-state index in [0.717, 1.165) is 11.1 Å². The summed E-state index contributed by atoms with van der Waals surface area (Å²) in [5, 5.41) is 13.9. The van der Waals surface area contributed by atoms with E-state index in [1.807, 2.05) is 24.3 Å². The second kappa shape index (κ2) is 5.67.